The van der Waals surface area contributed by atoms with E-state index < -0.39 is 21.7 Å². The first kappa shape index (κ1) is 14.0. The van der Waals surface area contributed by atoms with Crippen molar-refractivity contribution < 1.29 is 17.6 Å². The molecule has 7 heteroatoms. The van der Waals surface area contributed by atoms with E-state index >= 15 is 0 Å². The van der Waals surface area contributed by atoms with Crippen molar-refractivity contribution in [2.24, 2.45) is 5.14 Å². The summed E-state index contributed by atoms with van der Waals surface area (Å²) in [5.41, 5.74) is -0.538. The van der Waals surface area contributed by atoms with E-state index in [1.54, 1.807) is 0 Å². The van der Waals surface area contributed by atoms with Crippen LogP contribution < -0.4 is 10.5 Å². The number of rotatable bonds is 3. The molecular weight excluding hydrogens is 271 g/mol. The van der Waals surface area contributed by atoms with Gasteiger partial charge in [-0.3, -0.25) is 4.79 Å². The van der Waals surface area contributed by atoms with E-state index in [0.29, 0.717) is 0 Å². The van der Waals surface area contributed by atoms with Crippen LogP contribution in [0.2, 0.25) is 0 Å². The minimum absolute atomic E-state index is 0.0672. The number of benzene rings is 1. The molecule has 1 aromatic carbocycles. The van der Waals surface area contributed by atoms with E-state index in [0.717, 1.165) is 25.0 Å². The molecule has 1 aliphatic rings. The lowest BCUT2D eigenvalue weighted by Gasteiger charge is -2.13. The van der Waals surface area contributed by atoms with Gasteiger partial charge in [0, 0.05) is 5.54 Å². The van der Waals surface area contributed by atoms with Gasteiger partial charge in [-0.25, -0.2) is 17.9 Å². The first-order valence-electron chi connectivity index (χ1n) is 5.78. The highest BCUT2D eigenvalue weighted by atomic mass is 32.2. The highest BCUT2D eigenvalue weighted by Gasteiger charge is 2.39. The fourth-order valence-corrected chi connectivity index (χ4v) is 2.34. The maximum Gasteiger partial charge on any atom is 0.254 e. The Labute approximate surface area is 111 Å². The number of hydrogen-bond donors (Lipinski definition) is 2. The predicted molar refractivity (Wildman–Crippen MR) is 67.6 cm³/mol. The summed E-state index contributed by atoms with van der Waals surface area (Å²) in [5.74, 6) is -1.35. The van der Waals surface area contributed by atoms with Crippen LogP contribution in [0, 0.1) is 12.7 Å². The Hall–Kier alpha value is -1.47. The molecule has 2 rings (SSSR count). The van der Waals surface area contributed by atoms with Crippen molar-refractivity contribution in [2.75, 3.05) is 0 Å². The SMILES string of the molecule is Cc1cc(S(N)(=O)=O)cc(C(=O)NC2(C)CC2)c1F. The number of carbonyl (C=O) groups excluding carboxylic acids is 1. The fraction of sp³-hybridized carbons (Fsp3) is 0.417. The minimum atomic E-state index is -3.97. The zero-order valence-electron chi connectivity index (χ0n) is 10.7. The molecule has 0 aliphatic heterocycles. The first-order chi connectivity index (χ1) is 8.62. The fourth-order valence-electron chi connectivity index (χ4n) is 1.72. The van der Waals surface area contributed by atoms with Gasteiger partial charge < -0.3 is 5.32 Å². The number of nitrogens with one attached hydrogen (secondary N) is 1. The summed E-state index contributed by atoms with van der Waals surface area (Å²) >= 11 is 0. The second-order valence-corrected chi connectivity index (χ2v) is 6.72. The molecule has 0 saturated heterocycles. The van der Waals surface area contributed by atoms with Gasteiger partial charge in [0.05, 0.1) is 10.5 Å². The first-order valence-corrected chi connectivity index (χ1v) is 7.32. The Morgan fingerprint density at radius 2 is 2.00 bits per heavy atom. The molecule has 1 aliphatic carbocycles. The molecule has 19 heavy (non-hydrogen) atoms. The number of carbonyl (C=O) groups is 1. The molecule has 0 heterocycles. The van der Waals surface area contributed by atoms with Gasteiger partial charge in [-0.1, -0.05) is 0 Å². The minimum Gasteiger partial charge on any atom is -0.347 e. The Balaban J connectivity index is 2.44. The number of hydrogen-bond acceptors (Lipinski definition) is 3. The molecular formula is C12H15FN2O3S. The number of sulfonamides is 1. The van der Waals surface area contributed by atoms with Crippen molar-refractivity contribution >= 4 is 15.9 Å². The van der Waals surface area contributed by atoms with Crippen LogP contribution in [0.15, 0.2) is 17.0 Å². The second-order valence-electron chi connectivity index (χ2n) is 5.16. The van der Waals surface area contributed by atoms with Crippen LogP contribution in [0.5, 0.6) is 0 Å². The van der Waals surface area contributed by atoms with Gasteiger partial charge >= 0.3 is 0 Å². The third-order valence-corrected chi connectivity index (χ3v) is 4.11. The van der Waals surface area contributed by atoms with E-state index in [2.05, 4.69) is 5.32 Å². The Bertz CT molecular complexity index is 651. The smallest absolute Gasteiger partial charge is 0.254 e. The van der Waals surface area contributed by atoms with Crippen molar-refractivity contribution in [3.8, 4) is 0 Å². The molecule has 104 valence electrons. The summed E-state index contributed by atoms with van der Waals surface area (Å²) in [6.45, 7) is 3.23. The monoisotopic (exact) mass is 286 g/mol. The lowest BCUT2D eigenvalue weighted by Crippen LogP contribution is -2.35. The van der Waals surface area contributed by atoms with Crippen molar-refractivity contribution in [1.29, 1.82) is 0 Å². The van der Waals surface area contributed by atoms with Crippen LogP contribution in [-0.4, -0.2) is 19.9 Å². The summed E-state index contributed by atoms with van der Waals surface area (Å²) < 4.78 is 36.5. The number of amides is 1. The summed E-state index contributed by atoms with van der Waals surface area (Å²) in [5, 5.41) is 7.68. The maximum absolute atomic E-state index is 13.9. The number of halogens is 1. The second kappa shape index (κ2) is 4.28. The standard InChI is InChI=1S/C12H15FN2O3S/c1-7-5-8(19(14,17)18)6-9(10(7)13)11(16)15-12(2)3-4-12/h5-6H,3-4H2,1-2H3,(H,15,16)(H2,14,17,18). The van der Waals surface area contributed by atoms with Gasteiger partial charge in [-0.05, 0) is 44.4 Å². The van der Waals surface area contributed by atoms with Gasteiger partial charge in [-0.15, -0.1) is 0 Å². The van der Waals surface area contributed by atoms with Crippen molar-refractivity contribution in [2.45, 2.75) is 37.1 Å². The molecule has 1 amide bonds. The molecule has 0 aromatic heterocycles. The number of nitrogens with two attached hydrogens (primary N) is 1. The van der Waals surface area contributed by atoms with Gasteiger partial charge in [0.25, 0.3) is 5.91 Å². The molecule has 3 N–H and O–H groups in total. The van der Waals surface area contributed by atoms with Gasteiger partial charge in [0.2, 0.25) is 10.0 Å². The lowest BCUT2D eigenvalue weighted by molar-refractivity contribution is 0.0931. The van der Waals surface area contributed by atoms with Crippen LogP contribution in [0.3, 0.4) is 0 Å². The molecule has 0 atom stereocenters. The average Bonchev–Trinajstić information content (AvgIpc) is 2.98. The quantitative estimate of drug-likeness (QED) is 0.870. The summed E-state index contributed by atoms with van der Waals surface area (Å²) in [6, 6.07) is 2.08. The normalized spacial score (nSPS) is 17.1. The third kappa shape index (κ3) is 2.93. The van der Waals surface area contributed by atoms with Crippen LogP contribution >= 0.6 is 0 Å². The van der Waals surface area contributed by atoms with E-state index in [-0.39, 0.29) is 21.6 Å². The largest absolute Gasteiger partial charge is 0.347 e. The zero-order chi connectivity index (χ0) is 14.4. The van der Waals surface area contributed by atoms with Crippen LogP contribution in [0.25, 0.3) is 0 Å². The van der Waals surface area contributed by atoms with Crippen LogP contribution in [0.4, 0.5) is 4.39 Å². The third-order valence-electron chi connectivity index (χ3n) is 3.22. The Morgan fingerprint density at radius 1 is 1.42 bits per heavy atom. The van der Waals surface area contributed by atoms with Crippen molar-refractivity contribution in [1.82, 2.24) is 5.32 Å². The number of primary sulfonamides is 1. The number of aryl methyl sites for hydroxylation is 1. The molecule has 5 nitrogen and oxygen atoms in total. The molecule has 0 spiro atoms. The Kier molecular flexibility index (Phi) is 3.14. The highest BCUT2D eigenvalue weighted by Crippen LogP contribution is 2.34. The van der Waals surface area contributed by atoms with Crippen LogP contribution in [-0.2, 0) is 10.0 Å². The lowest BCUT2D eigenvalue weighted by atomic mass is 10.1. The molecule has 0 unspecified atom stereocenters. The van der Waals surface area contributed by atoms with Gasteiger partial charge in [-0.2, -0.15) is 0 Å². The zero-order valence-corrected chi connectivity index (χ0v) is 11.5. The predicted octanol–water partition coefficient (Wildman–Crippen LogP) is 1.06. The van der Waals surface area contributed by atoms with Crippen molar-refractivity contribution in [3.63, 3.8) is 0 Å². The summed E-state index contributed by atoms with van der Waals surface area (Å²) in [4.78, 5) is 11.7. The van der Waals surface area contributed by atoms with E-state index in [4.69, 9.17) is 5.14 Å². The van der Waals surface area contributed by atoms with Gasteiger partial charge in [0.15, 0.2) is 0 Å². The Morgan fingerprint density at radius 3 is 2.47 bits per heavy atom. The van der Waals surface area contributed by atoms with Gasteiger partial charge in [0.1, 0.15) is 5.82 Å². The van der Waals surface area contributed by atoms with Crippen LogP contribution in [0.1, 0.15) is 35.7 Å². The van der Waals surface area contributed by atoms with E-state index in [1.807, 2.05) is 6.92 Å². The van der Waals surface area contributed by atoms with Crippen molar-refractivity contribution in [3.05, 3.63) is 29.1 Å². The molecule has 0 radical (unpaired) electrons. The van der Waals surface area contributed by atoms with E-state index in [1.165, 1.54) is 6.92 Å². The molecule has 0 bridgehead atoms. The summed E-state index contributed by atoms with van der Waals surface area (Å²) in [7, 11) is -3.97. The maximum atomic E-state index is 13.9. The average molecular weight is 286 g/mol. The topological polar surface area (TPSA) is 89.3 Å². The molecule has 1 fully saturated rings. The molecule has 1 aromatic rings. The molecule has 1 saturated carbocycles. The van der Waals surface area contributed by atoms with E-state index in [9.17, 15) is 17.6 Å². The summed E-state index contributed by atoms with van der Waals surface area (Å²) in [6.07, 6.45) is 1.66. The highest BCUT2D eigenvalue weighted by molar-refractivity contribution is 7.89.